The summed E-state index contributed by atoms with van der Waals surface area (Å²) in [5, 5.41) is 16.5. The summed E-state index contributed by atoms with van der Waals surface area (Å²) in [7, 11) is 0. The summed E-state index contributed by atoms with van der Waals surface area (Å²) in [6, 6.07) is 6.78. The van der Waals surface area contributed by atoms with Gasteiger partial charge in [0.2, 0.25) is 0 Å². The predicted molar refractivity (Wildman–Crippen MR) is 90.3 cm³/mol. The summed E-state index contributed by atoms with van der Waals surface area (Å²) < 4.78 is 38.5. The number of alkyl halides is 2. The summed E-state index contributed by atoms with van der Waals surface area (Å²) in [6.45, 7) is -1.06. The van der Waals surface area contributed by atoms with Crippen LogP contribution in [0, 0.1) is 0 Å². The summed E-state index contributed by atoms with van der Waals surface area (Å²) in [4.78, 5) is 0. The topological polar surface area (TPSA) is 79.9 Å². The Hall–Kier alpha value is -2.88. The average Bonchev–Trinajstić information content (AvgIpc) is 3.33. The molecule has 0 unspecified atom stereocenters. The number of nitrogens with zero attached hydrogens (tertiary/aromatic N) is 6. The van der Waals surface area contributed by atoms with Crippen LogP contribution in [0.25, 0.3) is 11.3 Å². The van der Waals surface area contributed by atoms with Gasteiger partial charge < -0.3 is 9.47 Å². The van der Waals surface area contributed by atoms with Crippen molar-refractivity contribution >= 4 is 0 Å². The van der Waals surface area contributed by atoms with Crippen LogP contribution in [0.1, 0.15) is 24.6 Å². The van der Waals surface area contributed by atoms with Crippen LogP contribution in [0.15, 0.2) is 36.7 Å². The largest absolute Gasteiger partial charge is 0.434 e. The van der Waals surface area contributed by atoms with Crippen LogP contribution >= 0.6 is 0 Å². The van der Waals surface area contributed by atoms with Crippen molar-refractivity contribution in [3.8, 4) is 17.0 Å². The highest BCUT2D eigenvalue weighted by molar-refractivity contribution is 5.66. The van der Waals surface area contributed by atoms with E-state index in [1.807, 2.05) is 10.9 Å². The lowest BCUT2D eigenvalue weighted by atomic mass is 10.1. The molecule has 10 heteroatoms. The molecule has 0 saturated carbocycles. The molecular weight excluding hydrogens is 358 g/mol. The molecule has 3 aromatic rings. The minimum absolute atomic E-state index is 0.0602. The van der Waals surface area contributed by atoms with Crippen molar-refractivity contribution in [3.63, 3.8) is 0 Å². The van der Waals surface area contributed by atoms with E-state index in [0.717, 1.165) is 31.7 Å². The molecule has 27 heavy (non-hydrogen) atoms. The van der Waals surface area contributed by atoms with Gasteiger partial charge in [-0.1, -0.05) is 22.6 Å². The summed E-state index contributed by atoms with van der Waals surface area (Å²) in [5.74, 6) is 0.0602. The molecule has 1 aromatic carbocycles. The second-order valence-corrected chi connectivity index (χ2v) is 6.21. The van der Waals surface area contributed by atoms with Gasteiger partial charge >= 0.3 is 6.61 Å². The molecule has 0 spiro atoms. The molecule has 0 N–H and O–H groups in total. The number of hydrogen-bond donors (Lipinski definition) is 0. The van der Waals surface area contributed by atoms with Crippen LogP contribution < -0.4 is 4.74 Å². The molecule has 4 rings (SSSR count). The van der Waals surface area contributed by atoms with E-state index in [-0.39, 0.29) is 5.75 Å². The van der Waals surface area contributed by atoms with Gasteiger partial charge in [-0.25, -0.2) is 9.36 Å². The minimum Gasteiger partial charge on any atom is -0.434 e. The lowest BCUT2D eigenvalue weighted by Crippen LogP contribution is -2.20. The maximum absolute atomic E-state index is 12.6. The fourth-order valence-corrected chi connectivity index (χ4v) is 3.06. The molecule has 142 valence electrons. The maximum atomic E-state index is 12.6. The SMILES string of the molecule is FC(F)Oc1ccccc1-c1cn(Cc2cn(C3CCOCC3)nn2)nn1. The highest BCUT2D eigenvalue weighted by Gasteiger charge is 2.18. The van der Waals surface area contributed by atoms with Gasteiger partial charge in [0.1, 0.15) is 17.1 Å². The van der Waals surface area contributed by atoms with Crippen LogP contribution in [0.5, 0.6) is 5.75 Å². The minimum atomic E-state index is -2.90. The zero-order valence-electron chi connectivity index (χ0n) is 14.4. The van der Waals surface area contributed by atoms with E-state index in [1.165, 1.54) is 6.07 Å². The molecule has 0 amide bonds. The molecule has 2 aromatic heterocycles. The molecule has 1 aliphatic heterocycles. The Morgan fingerprint density at radius 1 is 1.11 bits per heavy atom. The molecule has 0 aliphatic carbocycles. The van der Waals surface area contributed by atoms with Crippen molar-refractivity contribution in [3.05, 3.63) is 42.4 Å². The number of para-hydroxylation sites is 1. The van der Waals surface area contributed by atoms with Crippen LogP contribution in [0.4, 0.5) is 8.78 Å². The first-order chi connectivity index (χ1) is 13.2. The van der Waals surface area contributed by atoms with E-state index in [4.69, 9.17) is 4.74 Å². The Kier molecular flexibility index (Phi) is 5.05. The van der Waals surface area contributed by atoms with Gasteiger partial charge in [0, 0.05) is 18.8 Å². The van der Waals surface area contributed by atoms with Gasteiger partial charge in [-0.3, -0.25) is 0 Å². The first-order valence-electron chi connectivity index (χ1n) is 8.62. The Labute approximate surface area is 153 Å². The van der Waals surface area contributed by atoms with Crippen LogP contribution in [0.3, 0.4) is 0 Å². The number of halogens is 2. The highest BCUT2D eigenvalue weighted by Crippen LogP contribution is 2.29. The van der Waals surface area contributed by atoms with E-state index in [2.05, 4.69) is 25.4 Å². The molecule has 3 heterocycles. The molecular formula is C17H18F2N6O2. The zero-order chi connectivity index (χ0) is 18.6. The predicted octanol–water partition coefficient (Wildman–Crippen LogP) is 2.54. The van der Waals surface area contributed by atoms with Crippen LogP contribution in [0.2, 0.25) is 0 Å². The third-order valence-corrected chi connectivity index (χ3v) is 4.36. The van der Waals surface area contributed by atoms with Gasteiger partial charge in [0.15, 0.2) is 0 Å². The molecule has 8 nitrogen and oxygen atoms in total. The van der Waals surface area contributed by atoms with Crippen molar-refractivity contribution in [2.45, 2.75) is 32.0 Å². The number of hydrogen-bond acceptors (Lipinski definition) is 6. The van der Waals surface area contributed by atoms with Crippen molar-refractivity contribution in [1.29, 1.82) is 0 Å². The highest BCUT2D eigenvalue weighted by atomic mass is 19.3. The molecule has 1 fully saturated rings. The standard InChI is InChI=1S/C17H18F2N6O2/c18-17(19)27-16-4-2-1-3-14(16)15-11-24(22-21-15)9-12-10-25(23-20-12)13-5-7-26-8-6-13/h1-4,10-11,13,17H,5-9H2. The number of aromatic nitrogens is 6. The van der Waals surface area contributed by atoms with Gasteiger partial charge in [-0.15, -0.1) is 10.2 Å². The van der Waals surface area contributed by atoms with Crippen molar-refractivity contribution in [2.24, 2.45) is 0 Å². The zero-order valence-corrected chi connectivity index (χ0v) is 14.4. The molecule has 0 bridgehead atoms. The number of benzene rings is 1. The normalized spacial score (nSPS) is 15.4. The smallest absolute Gasteiger partial charge is 0.387 e. The van der Waals surface area contributed by atoms with E-state index in [9.17, 15) is 8.78 Å². The fraction of sp³-hybridized carbons (Fsp3) is 0.412. The Bertz CT molecular complexity index is 891. The van der Waals surface area contributed by atoms with E-state index < -0.39 is 6.61 Å². The molecule has 1 aliphatic rings. The maximum Gasteiger partial charge on any atom is 0.387 e. The lowest BCUT2D eigenvalue weighted by Gasteiger charge is -2.21. The Morgan fingerprint density at radius 3 is 2.74 bits per heavy atom. The fourth-order valence-electron chi connectivity index (χ4n) is 3.06. The van der Waals surface area contributed by atoms with Crippen molar-refractivity contribution in [1.82, 2.24) is 30.0 Å². The van der Waals surface area contributed by atoms with Crippen LogP contribution in [-0.2, 0) is 11.3 Å². The van der Waals surface area contributed by atoms with E-state index in [1.54, 1.807) is 29.1 Å². The second-order valence-electron chi connectivity index (χ2n) is 6.21. The first kappa shape index (κ1) is 17.5. The third kappa shape index (κ3) is 4.11. The number of ether oxygens (including phenoxy) is 2. The molecule has 0 atom stereocenters. The number of rotatable bonds is 6. The first-order valence-corrected chi connectivity index (χ1v) is 8.62. The molecule has 0 radical (unpaired) electrons. The summed E-state index contributed by atoms with van der Waals surface area (Å²) >= 11 is 0. The molecule has 1 saturated heterocycles. The Balaban J connectivity index is 1.48. The Morgan fingerprint density at radius 2 is 1.93 bits per heavy atom. The quantitative estimate of drug-likeness (QED) is 0.658. The van der Waals surface area contributed by atoms with Crippen molar-refractivity contribution < 1.29 is 18.3 Å². The third-order valence-electron chi connectivity index (χ3n) is 4.36. The monoisotopic (exact) mass is 376 g/mol. The average molecular weight is 376 g/mol. The van der Waals surface area contributed by atoms with Gasteiger partial charge in [0.05, 0.1) is 25.0 Å². The lowest BCUT2D eigenvalue weighted by molar-refractivity contribution is -0.0494. The van der Waals surface area contributed by atoms with Crippen molar-refractivity contribution in [2.75, 3.05) is 13.2 Å². The second kappa shape index (κ2) is 7.78. The van der Waals surface area contributed by atoms with Crippen LogP contribution in [-0.4, -0.2) is 49.8 Å². The van der Waals surface area contributed by atoms with E-state index in [0.29, 0.717) is 23.8 Å². The van der Waals surface area contributed by atoms with E-state index >= 15 is 0 Å². The van der Waals surface area contributed by atoms with Gasteiger partial charge in [-0.2, -0.15) is 8.78 Å². The summed E-state index contributed by atoms with van der Waals surface area (Å²) in [6.07, 6.45) is 5.39. The van der Waals surface area contributed by atoms with Gasteiger partial charge in [-0.05, 0) is 25.0 Å². The summed E-state index contributed by atoms with van der Waals surface area (Å²) in [5.41, 5.74) is 1.65. The van der Waals surface area contributed by atoms with Gasteiger partial charge in [0.25, 0.3) is 0 Å².